The van der Waals surface area contributed by atoms with E-state index in [9.17, 15) is 19.2 Å². The highest BCUT2D eigenvalue weighted by Crippen LogP contribution is 2.32. The lowest BCUT2D eigenvalue weighted by Gasteiger charge is -2.25. The van der Waals surface area contributed by atoms with Crippen LogP contribution in [0.25, 0.3) is 22.8 Å². The summed E-state index contributed by atoms with van der Waals surface area (Å²) in [7, 11) is 0. The molecule has 5 heterocycles. The Balaban J connectivity index is 0.977. The van der Waals surface area contributed by atoms with Gasteiger partial charge in [-0.3, -0.25) is 19.2 Å². The quantitative estimate of drug-likeness (QED) is 0.144. The number of carbonyl (C=O) groups excluding carboxylic acids is 4. The van der Waals surface area contributed by atoms with Gasteiger partial charge in [-0.05, 0) is 113 Å². The van der Waals surface area contributed by atoms with Crippen molar-refractivity contribution in [2.75, 3.05) is 23.7 Å². The number of hydrogen-bond acceptors (Lipinski definition) is 10. The molecule has 4 amide bonds. The Hall–Kier alpha value is -5.15. The number of likely N-dealkylation sites (tertiary alicyclic amines) is 2. The third-order valence-electron chi connectivity index (χ3n) is 9.50. The molecule has 0 spiro atoms. The Labute approximate surface area is 340 Å². The fourth-order valence-corrected chi connectivity index (χ4v) is 8.56. The lowest BCUT2D eigenvalue weighted by Crippen LogP contribution is -2.43. The van der Waals surface area contributed by atoms with E-state index in [1.807, 2.05) is 88.7 Å². The molecule has 2 saturated heterocycles. The third-order valence-corrected chi connectivity index (χ3v) is 11.2. The number of nitrogens with zero attached hydrogens (tertiary/aromatic N) is 3. The molecule has 0 aliphatic carbocycles. The van der Waals surface area contributed by atoms with E-state index in [1.165, 1.54) is 22.7 Å². The zero-order valence-corrected chi connectivity index (χ0v) is 34.4. The van der Waals surface area contributed by atoms with Crippen LogP contribution >= 0.6 is 22.7 Å². The van der Waals surface area contributed by atoms with E-state index in [0.29, 0.717) is 64.3 Å². The van der Waals surface area contributed by atoms with Gasteiger partial charge in [0, 0.05) is 48.4 Å². The molecule has 7 rings (SSSR count). The molecule has 2 N–H and O–H groups in total. The number of hydrogen-bond donors (Lipinski definition) is 2. The number of nitrogens with one attached hydrogen (secondary N) is 2. The second-order valence-corrected chi connectivity index (χ2v) is 18.1. The van der Waals surface area contributed by atoms with Gasteiger partial charge in [-0.1, -0.05) is 12.1 Å². The lowest BCUT2D eigenvalue weighted by atomic mass is 10.1. The van der Waals surface area contributed by atoms with Crippen LogP contribution in [0.15, 0.2) is 94.2 Å². The highest BCUT2D eigenvalue weighted by molar-refractivity contribution is 7.12. The minimum absolute atomic E-state index is 0.181. The minimum atomic E-state index is -0.681. The summed E-state index contributed by atoms with van der Waals surface area (Å²) in [5.41, 5.74) is 1.80. The summed E-state index contributed by atoms with van der Waals surface area (Å²) in [5, 5.41) is 9.66. The third kappa shape index (κ3) is 9.70. The lowest BCUT2D eigenvalue weighted by molar-refractivity contribution is -0.120. The highest BCUT2D eigenvalue weighted by atomic mass is 32.1. The highest BCUT2D eigenvalue weighted by Gasteiger charge is 2.43. The van der Waals surface area contributed by atoms with E-state index in [1.54, 1.807) is 52.4 Å². The summed E-state index contributed by atoms with van der Waals surface area (Å²) in [6, 6.07) is 20.2. The predicted molar refractivity (Wildman–Crippen MR) is 221 cm³/mol. The molecule has 0 radical (unpaired) electrons. The van der Waals surface area contributed by atoms with Crippen LogP contribution in [0.5, 0.6) is 0 Å². The first-order valence-corrected chi connectivity index (χ1v) is 20.7. The molecule has 0 bridgehead atoms. The number of ether oxygens (including phenoxy) is 2. The van der Waals surface area contributed by atoms with E-state index in [2.05, 4.69) is 15.6 Å². The van der Waals surface area contributed by atoms with E-state index in [-0.39, 0.29) is 35.8 Å². The Bertz CT molecular complexity index is 2030. The van der Waals surface area contributed by atoms with E-state index >= 15 is 0 Å². The summed E-state index contributed by atoms with van der Waals surface area (Å²) in [6.45, 7) is 12.4. The molecule has 57 heavy (non-hydrogen) atoms. The van der Waals surface area contributed by atoms with Gasteiger partial charge in [0.2, 0.25) is 17.7 Å². The van der Waals surface area contributed by atoms with Crippen molar-refractivity contribution in [2.24, 2.45) is 0 Å². The van der Waals surface area contributed by atoms with Crippen LogP contribution < -0.4 is 10.6 Å². The summed E-state index contributed by atoms with van der Waals surface area (Å²) < 4.78 is 18.5. The normalized spacial score (nSPS) is 19.8. The number of aromatic nitrogens is 1. The van der Waals surface area contributed by atoms with Gasteiger partial charge in [-0.25, -0.2) is 4.98 Å². The molecule has 14 heteroatoms. The molecular formula is C43H47N5O7S2. The maximum Gasteiger partial charge on any atom is 0.264 e. The van der Waals surface area contributed by atoms with Crippen LogP contribution in [0, 0.1) is 0 Å². The van der Waals surface area contributed by atoms with Crippen LogP contribution in [0.3, 0.4) is 0 Å². The van der Waals surface area contributed by atoms with E-state index in [0.717, 1.165) is 5.56 Å². The second-order valence-electron chi connectivity index (χ2n) is 16.2. The number of anilines is 2. The first-order chi connectivity index (χ1) is 27.1. The van der Waals surface area contributed by atoms with Crippen LogP contribution in [0.2, 0.25) is 0 Å². The van der Waals surface area contributed by atoms with Crippen LogP contribution in [-0.2, 0) is 19.1 Å². The number of benzene rings is 2. The maximum atomic E-state index is 13.6. The van der Waals surface area contributed by atoms with Crippen LogP contribution in [0.4, 0.5) is 11.4 Å². The molecule has 5 aromatic rings. The fraction of sp³-hybridized carbons (Fsp3) is 0.372. The number of rotatable bonds is 10. The minimum Gasteiger partial charge on any atom is -0.436 e. The SMILES string of the molecule is CC(C)(C)OC1CC(C(=O)Nc2ccc(-c3cnc(-c4ccc(NC(=O)C5CC(OC(C)(C)C)CN5C(=O)c5cccs5)cc4)o3)cc2)N(C(=O)c2cccs2)C1. The average molecular weight is 810 g/mol. The van der Waals surface area contributed by atoms with Gasteiger partial charge in [0.15, 0.2) is 5.76 Å². The predicted octanol–water partition coefficient (Wildman–Crippen LogP) is 8.21. The maximum absolute atomic E-state index is 13.6. The smallest absolute Gasteiger partial charge is 0.264 e. The van der Waals surface area contributed by atoms with Crippen molar-refractivity contribution in [3.8, 4) is 22.8 Å². The van der Waals surface area contributed by atoms with Crippen molar-refractivity contribution < 1.29 is 33.1 Å². The van der Waals surface area contributed by atoms with Crippen molar-refractivity contribution in [1.29, 1.82) is 0 Å². The molecule has 3 aromatic heterocycles. The first-order valence-electron chi connectivity index (χ1n) is 18.9. The number of amides is 4. The second kappa shape index (κ2) is 16.4. The van der Waals surface area contributed by atoms with E-state index in [4.69, 9.17) is 13.9 Å². The number of thiophene rings is 2. The molecule has 2 aliphatic heterocycles. The molecular weight excluding hydrogens is 763 g/mol. The molecule has 298 valence electrons. The monoisotopic (exact) mass is 809 g/mol. The van der Waals surface area contributed by atoms with Crippen molar-refractivity contribution in [3.63, 3.8) is 0 Å². The summed E-state index contributed by atoms with van der Waals surface area (Å²) >= 11 is 2.70. The average Bonchev–Trinajstić information content (AvgIpc) is 4.01. The van der Waals surface area contributed by atoms with E-state index < -0.39 is 23.3 Å². The van der Waals surface area contributed by atoms with Crippen molar-refractivity contribution in [2.45, 2.75) is 89.9 Å². The Morgan fingerprint density at radius 3 is 1.51 bits per heavy atom. The van der Waals surface area contributed by atoms with Crippen molar-refractivity contribution >= 4 is 57.7 Å². The van der Waals surface area contributed by atoms with Gasteiger partial charge >= 0.3 is 0 Å². The van der Waals surface area contributed by atoms with Gasteiger partial charge in [0.05, 0.1) is 39.4 Å². The summed E-state index contributed by atoms with van der Waals surface area (Å²) in [5.74, 6) is 0.0139. The molecule has 2 fully saturated rings. The zero-order valence-electron chi connectivity index (χ0n) is 32.8. The van der Waals surface area contributed by atoms with Gasteiger partial charge in [-0.2, -0.15) is 0 Å². The molecule has 2 aromatic carbocycles. The van der Waals surface area contributed by atoms with Crippen LogP contribution in [-0.4, -0.2) is 87.0 Å². The van der Waals surface area contributed by atoms with Crippen molar-refractivity contribution in [3.05, 3.63) is 99.5 Å². The topological polar surface area (TPSA) is 143 Å². The van der Waals surface area contributed by atoms with Gasteiger partial charge in [0.25, 0.3) is 11.8 Å². The van der Waals surface area contributed by atoms with Crippen LogP contribution in [0.1, 0.15) is 73.7 Å². The largest absolute Gasteiger partial charge is 0.436 e. The Morgan fingerprint density at radius 2 is 1.11 bits per heavy atom. The molecule has 2 aliphatic rings. The summed E-state index contributed by atoms with van der Waals surface area (Å²) in [6.07, 6.45) is 1.90. The standard InChI is InChI=1S/C43H47N5O7S2/c1-42(2,3)54-30-21-32(47(24-30)40(51)35-9-7-19-56-35)37(49)45-28-15-11-26(12-16-28)34-23-44-39(53-34)27-13-17-29(18-14-27)46-38(50)33-22-31(55-43(4,5)6)25-48(33)41(52)36-10-8-20-57-36/h7-20,23,30-33H,21-22,24-25H2,1-6H3,(H,45,49)(H,46,50). The number of oxazole rings is 1. The zero-order chi connectivity index (χ0) is 40.5. The molecule has 12 nitrogen and oxygen atoms in total. The number of carbonyl (C=O) groups is 4. The molecule has 4 atom stereocenters. The van der Waals surface area contributed by atoms with Gasteiger partial charge < -0.3 is 34.3 Å². The fourth-order valence-electron chi connectivity index (χ4n) is 7.20. The van der Waals surface area contributed by atoms with Crippen molar-refractivity contribution in [1.82, 2.24) is 14.8 Å². The van der Waals surface area contributed by atoms with Gasteiger partial charge in [-0.15, -0.1) is 22.7 Å². The van der Waals surface area contributed by atoms with Gasteiger partial charge in [0.1, 0.15) is 12.1 Å². The Kier molecular flexibility index (Phi) is 11.5. The first kappa shape index (κ1) is 40.1. The Morgan fingerprint density at radius 1 is 0.667 bits per heavy atom. The molecule has 0 saturated carbocycles. The summed E-state index contributed by atoms with van der Waals surface area (Å²) in [4.78, 5) is 62.8. The molecule has 4 unspecified atom stereocenters.